The first-order valence-corrected chi connectivity index (χ1v) is 15.8. The summed E-state index contributed by atoms with van der Waals surface area (Å²) < 4.78 is 16.7. The highest BCUT2D eigenvalue weighted by Crippen LogP contribution is 2.44. The zero-order chi connectivity index (χ0) is 32.1. The van der Waals surface area contributed by atoms with Crippen LogP contribution in [-0.2, 0) is 10.8 Å². The Morgan fingerprint density at radius 2 is 0.826 bits per heavy atom. The van der Waals surface area contributed by atoms with Crippen molar-refractivity contribution in [3.63, 3.8) is 0 Å². The minimum absolute atomic E-state index is 0.219. The van der Waals surface area contributed by atoms with Crippen LogP contribution in [0.4, 0.5) is 0 Å². The van der Waals surface area contributed by atoms with Crippen LogP contribution >= 0.6 is 0 Å². The molecule has 0 saturated heterocycles. The number of benzene rings is 5. The van der Waals surface area contributed by atoms with Crippen molar-refractivity contribution in [2.24, 2.45) is 0 Å². The molecule has 0 aliphatic carbocycles. The van der Waals surface area contributed by atoms with E-state index in [0.29, 0.717) is 0 Å². The third kappa shape index (κ3) is 4.68. The summed E-state index contributed by atoms with van der Waals surface area (Å²) in [6.45, 7) is 9.19. The van der Waals surface area contributed by atoms with E-state index in [-0.39, 0.29) is 10.8 Å². The van der Waals surface area contributed by atoms with Gasteiger partial charge in [0.2, 0.25) is 0 Å². The number of hydrogen-bond donors (Lipinski definition) is 0. The summed E-state index contributed by atoms with van der Waals surface area (Å²) in [6, 6.07) is 42.9. The summed E-state index contributed by atoms with van der Waals surface area (Å²) in [6.07, 6.45) is 4.56. The zero-order valence-corrected chi connectivity index (χ0v) is 27.4. The summed E-state index contributed by atoms with van der Waals surface area (Å²) in [5.74, 6) is 1.48. The standard InChI is InChI=1S/C42H40N2O2/c1-41(2,29-17-9-7-10-18-29)33-27-43(35-23-15-13-21-31(33)35)37-25-38(40(46-6)26-39(37)45-5)44-28-34(32-22-14-16-24-36(32)44)42(3,4)30-19-11-8-12-20-30/h7-28H,1-6H3. The highest BCUT2D eigenvalue weighted by atomic mass is 16.5. The molecule has 2 aromatic heterocycles. The van der Waals surface area contributed by atoms with Gasteiger partial charge in [-0.2, -0.15) is 0 Å². The second-order valence-corrected chi connectivity index (χ2v) is 13.0. The lowest BCUT2D eigenvalue weighted by atomic mass is 9.78. The van der Waals surface area contributed by atoms with Crippen LogP contribution in [0.1, 0.15) is 49.9 Å². The van der Waals surface area contributed by atoms with E-state index in [2.05, 4.69) is 164 Å². The summed E-state index contributed by atoms with van der Waals surface area (Å²) >= 11 is 0. The largest absolute Gasteiger partial charge is 0.494 e. The van der Waals surface area contributed by atoms with Crippen molar-refractivity contribution >= 4 is 21.8 Å². The molecule has 5 aromatic carbocycles. The van der Waals surface area contributed by atoms with Gasteiger partial charge in [-0.15, -0.1) is 0 Å². The monoisotopic (exact) mass is 604 g/mol. The van der Waals surface area contributed by atoms with Crippen LogP contribution in [0.25, 0.3) is 33.2 Å². The molecule has 0 fully saturated rings. The minimum Gasteiger partial charge on any atom is -0.494 e. The Kier molecular flexibility index (Phi) is 7.24. The van der Waals surface area contributed by atoms with Gasteiger partial charge in [0.1, 0.15) is 11.5 Å². The number of nitrogens with zero attached hydrogens (tertiary/aromatic N) is 2. The summed E-state index contributed by atoms with van der Waals surface area (Å²) in [5.41, 5.74) is 8.77. The van der Waals surface area contributed by atoms with Gasteiger partial charge < -0.3 is 18.6 Å². The average molecular weight is 605 g/mol. The zero-order valence-electron chi connectivity index (χ0n) is 27.4. The van der Waals surface area contributed by atoms with E-state index < -0.39 is 0 Å². The molecule has 0 bridgehead atoms. The Morgan fingerprint density at radius 1 is 0.457 bits per heavy atom. The van der Waals surface area contributed by atoms with Crippen molar-refractivity contribution in [1.29, 1.82) is 0 Å². The van der Waals surface area contributed by atoms with Gasteiger partial charge in [-0.05, 0) is 40.5 Å². The van der Waals surface area contributed by atoms with Crippen molar-refractivity contribution in [2.75, 3.05) is 14.2 Å². The topological polar surface area (TPSA) is 28.3 Å². The highest BCUT2D eigenvalue weighted by molar-refractivity contribution is 5.90. The molecule has 4 nitrogen and oxygen atoms in total. The first-order valence-electron chi connectivity index (χ1n) is 15.8. The third-order valence-electron chi connectivity index (χ3n) is 9.76. The number of fused-ring (bicyclic) bond motifs is 2. The Morgan fingerprint density at radius 3 is 1.22 bits per heavy atom. The lowest BCUT2D eigenvalue weighted by Gasteiger charge is -2.25. The van der Waals surface area contributed by atoms with E-state index >= 15 is 0 Å². The molecule has 0 aliphatic heterocycles. The third-order valence-corrected chi connectivity index (χ3v) is 9.76. The Labute approximate surface area is 271 Å². The quantitative estimate of drug-likeness (QED) is 0.173. The molecule has 0 spiro atoms. The minimum atomic E-state index is -0.219. The van der Waals surface area contributed by atoms with Gasteiger partial charge in [-0.3, -0.25) is 0 Å². The SMILES string of the molecule is COc1cc(OC)c(-n2cc(C(C)(C)c3ccccc3)c3ccccc32)cc1-n1cc(C(C)(C)c2ccccc2)c2ccccc21. The number of para-hydroxylation sites is 2. The molecule has 4 heteroatoms. The van der Waals surface area contributed by atoms with E-state index in [4.69, 9.17) is 9.47 Å². The molecule has 46 heavy (non-hydrogen) atoms. The van der Waals surface area contributed by atoms with Crippen LogP contribution < -0.4 is 9.47 Å². The van der Waals surface area contributed by atoms with Crippen LogP contribution in [0.3, 0.4) is 0 Å². The molecule has 0 amide bonds. The molecular formula is C42H40N2O2. The molecule has 2 heterocycles. The van der Waals surface area contributed by atoms with Crippen LogP contribution in [0.5, 0.6) is 11.5 Å². The van der Waals surface area contributed by atoms with Crippen molar-refractivity contribution in [2.45, 2.75) is 38.5 Å². The van der Waals surface area contributed by atoms with Gasteiger partial charge >= 0.3 is 0 Å². The number of methoxy groups -OCH3 is 2. The van der Waals surface area contributed by atoms with Gasteiger partial charge in [0.15, 0.2) is 0 Å². The maximum atomic E-state index is 6.06. The lowest BCUT2D eigenvalue weighted by molar-refractivity contribution is 0.392. The smallest absolute Gasteiger partial charge is 0.146 e. The maximum Gasteiger partial charge on any atom is 0.146 e. The van der Waals surface area contributed by atoms with E-state index in [1.807, 2.05) is 6.07 Å². The average Bonchev–Trinajstić information content (AvgIpc) is 3.69. The van der Waals surface area contributed by atoms with Gasteiger partial charge in [0, 0.05) is 40.1 Å². The normalized spacial score (nSPS) is 12.1. The van der Waals surface area contributed by atoms with Crippen molar-refractivity contribution in [3.8, 4) is 22.9 Å². The van der Waals surface area contributed by atoms with Gasteiger partial charge in [0.05, 0.1) is 36.6 Å². The van der Waals surface area contributed by atoms with Crippen LogP contribution in [0, 0.1) is 0 Å². The summed E-state index contributed by atoms with van der Waals surface area (Å²) in [4.78, 5) is 0. The van der Waals surface area contributed by atoms with Crippen LogP contribution in [0.15, 0.2) is 134 Å². The van der Waals surface area contributed by atoms with E-state index in [9.17, 15) is 0 Å². The van der Waals surface area contributed by atoms with Crippen LogP contribution in [0.2, 0.25) is 0 Å². The Balaban J connectivity index is 1.47. The highest BCUT2D eigenvalue weighted by Gasteiger charge is 2.30. The number of rotatable bonds is 8. The molecular weight excluding hydrogens is 564 g/mol. The van der Waals surface area contributed by atoms with E-state index in [1.54, 1.807) is 14.2 Å². The van der Waals surface area contributed by atoms with Crippen LogP contribution in [-0.4, -0.2) is 23.4 Å². The number of aromatic nitrogens is 2. The molecule has 0 N–H and O–H groups in total. The molecule has 7 aromatic rings. The van der Waals surface area contributed by atoms with Crippen molar-refractivity contribution in [3.05, 3.63) is 156 Å². The summed E-state index contributed by atoms with van der Waals surface area (Å²) in [7, 11) is 3.45. The van der Waals surface area contributed by atoms with E-state index in [0.717, 1.165) is 33.9 Å². The first-order chi connectivity index (χ1) is 22.3. The Bertz CT molecular complexity index is 2020. The second-order valence-electron chi connectivity index (χ2n) is 13.0. The number of hydrogen-bond acceptors (Lipinski definition) is 2. The molecule has 0 atom stereocenters. The summed E-state index contributed by atoms with van der Waals surface area (Å²) in [5, 5.41) is 2.43. The maximum absolute atomic E-state index is 6.06. The fraction of sp³-hybridized carbons (Fsp3) is 0.190. The van der Waals surface area contributed by atoms with Gasteiger partial charge in [-0.1, -0.05) is 125 Å². The molecule has 0 unspecified atom stereocenters. The predicted molar refractivity (Wildman–Crippen MR) is 190 cm³/mol. The fourth-order valence-electron chi connectivity index (χ4n) is 7.02. The van der Waals surface area contributed by atoms with E-state index in [1.165, 1.54) is 33.0 Å². The lowest BCUT2D eigenvalue weighted by Crippen LogP contribution is -2.18. The number of ether oxygens (including phenoxy) is 2. The fourth-order valence-corrected chi connectivity index (χ4v) is 7.02. The molecule has 230 valence electrons. The van der Waals surface area contributed by atoms with Gasteiger partial charge in [-0.25, -0.2) is 0 Å². The molecule has 7 rings (SSSR count). The Hall–Kier alpha value is -5.22. The van der Waals surface area contributed by atoms with Gasteiger partial charge in [0.25, 0.3) is 0 Å². The van der Waals surface area contributed by atoms with Crippen molar-refractivity contribution < 1.29 is 9.47 Å². The predicted octanol–water partition coefficient (Wildman–Crippen LogP) is 10.2. The van der Waals surface area contributed by atoms with Crippen molar-refractivity contribution in [1.82, 2.24) is 9.13 Å². The molecule has 0 radical (unpaired) electrons. The first kappa shape index (κ1) is 29.5. The second kappa shape index (κ2) is 11.3. The molecule has 0 saturated carbocycles. The molecule has 0 aliphatic rings.